The van der Waals surface area contributed by atoms with E-state index in [1.807, 2.05) is 158 Å². The van der Waals surface area contributed by atoms with Gasteiger partial charge in [-0.2, -0.15) is 0 Å². The van der Waals surface area contributed by atoms with Crippen LogP contribution in [0.25, 0.3) is 78.9 Å². The highest BCUT2D eigenvalue weighted by Gasteiger charge is 2.29. The molecule has 27 nitrogen and oxygen atoms in total. The Morgan fingerprint density at radius 3 is 1.34 bits per heavy atom. The highest BCUT2D eigenvalue weighted by atomic mass is 16.5. The molecule has 5 saturated heterocycles. The molecule has 0 amide bonds. The van der Waals surface area contributed by atoms with Crippen molar-refractivity contribution in [2.75, 3.05) is 141 Å². The zero-order chi connectivity index (χ0) is 85.5. The molecule has 0 aliphatic carbocycles. The van der Waals surface area contributed by atoms with Crippen molar-refractivity contribution in [2.45, 2.75) is 124 Å². The Kier molecular flexibility index (Phi) is 25.8. The number of nitrogens with one attached hydrogen (secondary N) is 1. The fourth-order valence-electron chi connectivity index (χ4n) is 18.3. The van der Waals surface area contributed by atoms with Gasteiger partial charge in [-0.3, -0.25) is 36.8 Å². The number of aromatic nitrogens is 12. The minimum Gasteiger partial charge on any atom is -0.493 e. The normalized spacial score (nSPS) is 15.9. The SMILES string of the molecule is CCN(CC)C1CCN(c2cc(C)c3nc(-c4ccc(OC)c(OC)c4)cc(=O)n3c2)CC1.CCc1cc(C2CCN(CC)CC2)cn2c(=O)cc(-c3ccc(OC)c(OC)c3)nc12.Cc1cn2cc(-c3cc(=O)n4cc(N5CCC(N6CCCC6)CC5)ccc4n3)ccc2n1.Cc1cn2cc(-c3cc(=O)n4cc(N5CCNCC5)ccc4n3)ccc2n1. The molecular weight excluding hydrogens is 1550 g/mol. The fourth-order valence-corrected chi connectivity index (χ4v) is 18.3. The van der Waals surface area contributed by atoms with E-state index in [1.165, 1.54) is 44.3 Å². The average molecular weight is 1660 g/mol. The number of likely N-dealkylation sites (tertiary alicyclic amines) is 2. The van der Waals surface area contributed by atoms with Crippen LogP contribution in [0.4, 0.5) is 17.1 Å². The molecule has 0 saturated carbocycles. The summed E-state index contributed by atoms with van der Waals surface area (Å²) in [5, 5.41) is 3.34. The van der Waals surface area contributed by atoms with Crippen molar-refractivity contribution < 1.29 is 18.9 Å². The molecule has 0 atom stereocenters. The molecule has 640 valence electrons. The Hall–Kier alpha value is -12.3. The Bertz CT molecular complexity index is 6390. The van der Waals surface area contributed by atoms with Crippen molar-refractivity contribution in [3.05, 3.63) is 240 Å². The summed E-state index contributed by atoms with van der Waals surface area (Å²) in [7, 11) is 6.41. The third-order valence-corrected chi connectivity index (χ3v) is 25.2. The van der Waals surface area contributed by atoms with Gasteiger partial charge >= 0.3 is 0 Å². The van der Waals surface area contributed by atoms with Crippen LogP contribution in [0, 0.1) is 20.8 Å². The van der Waals surface area contributed by atoms with E-state index in [2.05, 4.69) is 90.6 Å². The topological polar surface area (TPSA) is 240 Å². The van der Waals surface area contributed by atoms with Gasteiger partial charge in [0.05, 0.1) is 79.7 Å². The van der Waals surface area contributed by atoms with Gasteiger partial charge in [-0.25, -0.2) is 29.9 Å². The molecule has 27 heteroatoms. The predicted octanol–water partition coefficient (Wildman–Crippen LogP) is 13.2. The maximum atomic E-state index is 13.1. The molecule has 17 heterocycles. The van der Waals surface area contributed by atoms with Gasteiger partial charge in [0, 0.05) is 161 Å². The van der Waals surface area contributed by atoms with Crippen LogP contribution in [-0.4, -0.2) is 210 Å². The number of nitrogens with zero attached hydrogens (tertiary/aromatic N) is 18. The van der Waals surface area contributed by atoms with Gasteiger partial charge in [0.25, 0.3) is 22.2 Å². The highest BCUT2D eigenvalue weighted by Crippen LogP contribution is 2.36. The van der Waals surface area contributed by atoms with E-state index < -0.39 is 0 Å². The average Bonchev–Trinajstić information content (AvgIpc) is 0.803. The van der Waals surface area contributed by atoms with Crippen LogP contribution in [0.15, 0.2) is 190 Å². The molecule has 123 heavy (non-hydrogen) atoms. The van der Waals surface area contributed by atoms with Crippen LogP contribution in [0.3, 0.4) is 0 Å². The first-order valence-electron chi connectivity index (χ1n) is 43.6. The third kappa shape index (κ3) is 18.4. The number of anilines is 3. The monoisotopic (exact) mass is 1660 g/mol. The molecule has 5 aliphatic heterocycles. The Morgan fingerprint density at radius 2 is 0.846 bits per heavy atom. The lowest BCUT2D eigenvalue weighted by molar-refractivity contribution is 0.186. The second-order valence-corrected chi connectivity index (χ2v) is 32.7. The molecule has 0 unspecified atom stereocenters. The molecule has 0 radical (unpaired) electrons. The molecule has 0 bridgehead atoms. The number of imidazole rings is 2. The zero-order valence-electron chi connectivity index (χ0n) is 72.7. The number of aryl methyl sites for hydroxylation is 4. The second-order valence-electron chi connectivity index (χ2n) is 32.7. The number of methoxy groups -OCH3 is 4. The van der Waals surface area contributed by atoms with Crippen molar-refractivity contribution in [2.24, 2.45) is 0 Å². The maximum absolute atomic E-state index is 13.1. The Labute approximate surface area is 716 Å². The van der Waals surface area contributed by atoms with Crippen LogP contribution in [0.2, 0.25) is 0 Å². The summed E-state index contributed by atoms with van der Waals surface area (Å²) >= 11 is 0. The summed E-state index contributed by atoms with van der Waals surface area (Å²) in [6.45, 7) is 30.7. The molecule has 19 rings (SSSR count). The summed E-state index contributed by atoms with van der Waals surface area (Å²) in [6.07, 6.45) is 26.1. The van der Waals surface area contributed by atoms with Crippen molar-refractivity contribution in [1.82, 2.24) is 76.3 Å². The van der Waals surface area contributed by atoms with E-state index >= 15 is 0 Å². The molecular formula is C96H113N19O8. The van der Waals surface area contributed by atoms with E-state index in [0.29, 0.717) is 74.7 Å². The van der Waals surface area contributed by atoms with Gasteiger partial charge in [-0.1, -0.05) is 33.8 Å². The van der Waals surface area contributed by atoms with Crippen molar-refractivity contribution in [3.63, 3.8) is 0 Å². The maximum Gasteiger partial charge on any atom is 0.258 e. The number of benzene rings is 2. The van der Waals surface area contributed by atoms with Gasteiger partial charge in [0.2, 0.25) is 0 Å². The van der Waals surface area contributed by atoms with E-state index in [-0.39, 0.29) is 22.2 Å². The van der Waals surface area contributed by atoms with Gasteiger partial charge in [0.15, 0.2) is 23.0 Å². The summed E-state index contributed by atoms with van der Waals surface area (Å²) in [6, 6.07) is 39.2. The lowest BCUT2D eigenvalue weighted by atomic mass is 9.89. The van der Waals surface area contributed by atoms with E-state index in [1.54, 1.807) is 70.3 Å². The molecule has 2 aromatic carbocycles. The summed E-state index contributed by atoms with van der Waals surface area (Å²) in [5.74, 6) is 3.01. The van der Waals surface area contributed by atoms with E-state index in [9.17, 15) is 19.2 Å². The number of piperazine rings is 1. The second kappa shape index (κ2) is 37.6. The summed E-state index contributed by atoms with van der Waals surface area (Å²) < 4.78 is 32.1. The third-order valence-electron chi connectivity index (χ3n) is 25.2. The first kappa shape index (κ1) is 84.3. The van der Waals surface area contributed by atoms with Gasteiger partial charge in [-0.15, -0.1) is 0 Å². The summed E-state index contributed by atoms with van der Waals surface area (Å²) in [4.78, 5) is 94.8. The van der Waals surface area contributed by atoms with Crippen LogP contribution in [-0.2, 0) is 6.42 Å². The smallest absolute Gasteiger partial charge is 0.258 e. The molecule has 0 spiro atoms. The number of pyridine rings is 6. The molecule has 1 N–H and O–H groups in total. The number of ether oxygens (including phenoxy) is 4. The standard InChI is InChI=1S/C26H34N4O3.C25H28N6O.C25H31N3O3.C20H20N6O/c1-6-28(7-2)20-10-12-29(13-11-20)21-14-18(3)26-27-22(16-25(31)30(26)17-21)19-8-9-23(32-4)24(15-19)33-5;1-18-15-30-16-19(4-6-23(30)26-18)22-14-25(32)31-17-21(5-7-24(31)27-22)29-12-8-20(9-13-29)28-10-2-3-11-28;1-5-17-13-20(18-9-11-27(6-2)12-10-18)16-28-24(29)15-21(26-25(17)28)19-7-8-22(30-3)23(14-19)31-4;1-14-11-25-12-15(2-4-18(25)22-14)17-10-20(27)26-13-16(3-5-19(26)23-17)24-8-6-21-7-9-24/h8-9,14-17,20H,6-7,10-13H2,1-5H3;4-7,14-17,20H,2-3,8-13H2,1H3;7-8,13-16,18H,5-6,9-12H2,1-4H3;2-5,10-13,21H,6-9H2,1H3. The van der Waals surface area contributed by atoms with Gasteiger partial charge in [-0.05, 0) is 238 Å². The largest absolute Gasteiger partial charge is 0.493 e. The van der Waals surface area contributed by atoms with Crippen molar-refractivity contribution in [3.8, 4) is 68.0 Å². The highest BCUT2D eigenvalue weighted by molar-refractivity contribution is 5.71. The Balaban J connectivity index is 0.000000122. The minimum atomic E-state index is -0.0900. The van der Waals surface area contributed by atoms with Gasteiger partial charge < -0.3 is 62.5 Å². The quantitative estimate of drug-likeness (QED) is 0.0839. The number of rotatable bonds is 18. The molecule has 14 aromatic rings. The first-order chi connectivity index (χ1) is 59.9. The van der Waals surface area contributed by atoms with Crippen molar-refractivity contribution >= 4 is 50.9 Å². The number of hydrogen-bond donors (Lipinski definition) is 1. The number of piperidine rings is 3. The van der Waals surface area contributed by atoms with Crippen LogP contribution in [0.5, 0.6) is 23.0 Å². The van der Waals surface area contributed by atoms with Crippen molar-refractivity contribution in [1.29, 1.82) is 0 Å². The van der Waals surface area contributed by atoms with Crippen LogP contribution >= 0.6 is 0 Å². The lowest BCUT2D eigenvalue weighted by Crippen LogP contribution is -2.45. The van der Waals surface area contributed by atoms with E-state index in [4.69, 9.17) is 38.9 Å². The summed E-state index contributed by atoms with van der Waals surface area (Å²) in [5.41, 5.74) is 18.8. The number of fused-ring (bicyclic) bond motifs is 6. The lowest BCUT2D eigenvalue weighted by Gasteiger charge is -2.38. The van der Waals surface area contributed by atoms with Crippen LogP contribution in [0.1, 0.15) is 113 Å². The van der Waals surface area contributed by atoms with Gasteiger partial charge in [0.1, 0.15) is 33.9 Å². The number of hydrogen-bond acceptors (Lipinski definition) is 21. The predicted molar refractivity (Wildman–Crippen MR) is 488 cm³/mol. The zero-order valence-corrected chi connectivity index (χ0v) is 72.7. The van der Waals surface area contributed by atoms with E-state index in [0.717, 1.165) is 202 Å². The fraction of sp³-hybridized carbons (Fsp3) is 0.396. The van der Waals surface area contributed by atoms with Crippen LogP contribution < -0.4 is 61.2 Å². The Morgan fingerprint density at radius 1 is 0.398 bits per heavy atom. The molecule has 12 aromatic heterocycles. The molecule has 5 aliphatic rings. The first-order valence-corrected chi connectivity index (χ1v) is 43.6. The minimum absolute atomic E-state index is 0.0549. The molecule has 5 fully saturated rings.